The molecule has 2 aromatic heterocycles. The fourth-order valence-electron chi connectivity index (χ4n) is 6.00. The first-order valence-electron chi connectivity index (χ1n) is 15.4. The van der Waals surface area contributed by atoms with Gasteiger partial charge in [-0.15, -0.1) is 69.1 Å². The summed E-state index contributed by atoms with van der Waals surface area (Å²) in [6.45, 7) is 4.44. The van der Waals surface area contributed by atoms with Crippen molar-refractivity contribution in [3.05, 3.63) is 157 Å². The first kappa shape index (κ1) is 36.8. The van der Waals surface area contributed by atoms with Crippen LogP contribution in [0.4, 0.5) is 0 Å². The number of hydrogen-bond donors (Lipinski definition) is 0. The number of aryl methyl sites for hydroxylation is 2. The molecular weight excluding hydrogens is 731 g/mol. The van der Waals surface area contributed by atoms with E-state index in [1.54, 1.807) is 0 Å². The third-order valence-corrected chi connectivity index (χ3v) is 10.7. The van der Waals surface area contributed by atoms with Crippen LogP contribution in [0.1, 0.15) is 25.0 Å². The third-order valence-electron chi connectivity index (χ3n) is 8.34. The van der Waals surface area contributed by atoms with Crippen molar-refractivity contribution >= 4 is 44.2 Å². The summed E-state index contributed by atoms with van der Waals surface area (Å²) in [7, 11) is 0. The Hall–Kier alpha value is -3.04. The summed E-state index contributed by atoms with van der Waals surface area (Å²) in [6.07, 6.45) is 2.17. The Morgan fingerprint density at radius 2 is 0.830 bits per heavy atom. The van der Waals surface area contributed by atoms with Gasteiger partial charge in [0.15, 0.2) is 0 Å². The summed E-state index contributed by atoms with van der Waals surface area (Å²) in [6, 6.07) is 52.7. The molecule has 47 heavy (non-hydrogen) atoms. The Kier molecular flexibility index (Phi) is 13.2. The monoisotopic (exact) mass is 762 g/mol. The van der Waals surface area contributed by atoms with Gasteiger partial charge >= 0.3 is 26.2 Å². The van der Waals surface area contributed by atoms with Gasteiger partial charge in [0.05, 0.1) is 0 Å². The van der Waals surface area contributed by atoms with Gasteiger partial charge in [0, 0.05) is 9.75 Å². The molecule has 0 nitrogen and oxygen atoms in total. The second-order valence-corrected chi connectivity index (χ2v) is 13.3. The minimum atomic E-state index is 0. The summed E-state index contributed by atoms with van der Waals surface area (Å²) in [4.78, 5) is 5.35. The van der Waals surface area contributed by atoms with E-state index in [2.05, 4.69) is 159 Å². The molecule has 0 atom stereocenters. The van der Waals surface area contributed by atoms with Crippen molar-refractivity contribution in [1.82, 2.24) is 0 Å². The van der Waals surface area contributed by atoms with Crippen LogP contribution < -0.4 is 24.8 Å². The Morgan fingerprint density at radius 1 is 0.447 bits per heavy atom. The molecule has 5 heteroatoms. The molecule has 8 aromatic rings. The maximum atomic E-state index is 2.34. The second kappa shape index (κ2) is 16.9. The van der Waals surface area contributed by atoms with Gasteiger partial charge in [0.1, 0.15) is 0 Å². The Morgan fingerprint density at radius 3 is 1.21 bits per heavy atom. The van der Waals surface area contributed by atoms with Crippen molar-refractivity contribution in [2.75, 3.05) is 0 Å². The zero-order valence-electron chi connectivity index (χ0n) is 26.3. The first-order chi connectivity index (χ1) is 21.7. The molecule has 0 aliphatic heterocycles. The van der Waals surface area contributed by atoms with Crippen LogP contribution in [0.25, 0.3) is 63.3 Å². The fourth-order valence-corrected chi connectivity index (χ4v) is 8.00. The van der Waals surface area contributed by atoms with E-state index in [0.29, 0.717) is 0 Å². The molecule has 0 saturated heterocycles. The van der Waals surface area contributed by atoms with Crippen LogP contribution in [0.5, 0.6) is 0 Å². The largest absolute Gasteiger partial charge is 4.00 e. The van der Waals surface area contributed by atoms with Gasteiger partial charge in [-0.05, 0) is 33.7 Å². The summed E-state index contributed by atoms with van der Waals surface area (Å²) in [5.74, 6) is 0. The molecule has 0 radical (unpaired) electrons. The molecule has 0 amide bonds. The maximum absolute atomic E-state index is 2.34. The van der Waals surface area contributed by atoms with Crippen LogP contribution in [0, 0.1) is 0 Å². The predicted molar refractivity (Wildman–Crippen MR) is 195 cm³/mol. The van der Waals surface area contributed by atoms with Crippen molar-refractivity contribution in [1.29, 1.82) is 0 Å². The van der Waals surface area contributed by atoms with E-state index in [4.69, 9.17) is 0 Å². The van der Waals surface area contributed by atoms with Gasteiger partial charge in [-0.2, -0.15) is 22.7 Å². The minimum absolute atomic E-state index is 0. The summed E-state index contributed by atoms with van der Waals surface area (Å²) >= 11 is 3.74. The van der Waals surface area contributed by atoms with Crippen molar-refractivity contribution < 1.29 is 51.0 Å². The molecule has 0 aliphatic rings. The smallest absolute Gasteiger partial charge is 1.00 e. The standard InChI is InChI=1S/2C21H17S.2ClH.Zr/c2*1-2-15-9-6-10-17-13-18(14-19(15)17)21-12-11-20(22-21)16-7-4-3-5-8-16;;;/h2*3-14H,2H2,1H3;2*1H;/q2*-1;;;+4/p-2. The summed E-state index contributed by atoms with van der Waals surface area (Å²) < 4.78 is 0. The van der Waals surface area contributed by atoms with E-state index < -0.39 is 0 Å². The molecule has 0 saturated carbocycles. The molecule has 0 N–H and O–H groups in total. The molecular formula is C42H34Cl2S2Zr. The normalized spacial score (nSPS) is 10.4. The van der Waals surface area contributed by atoms with Crippen molar-refractivity contribution in [3.63, 3.8) is 0 Å². The minimum Gasteiger partial charge on any atom is -1.00 e. The number of thiophene rings is 2. The van der Waals surface area contributed by atoms with Gasteiger partial charge in [0.25, 0.3) is 0 Å². The number of fused-ring (bicyclic) bond motifs is 2. The van der Waals surface area contributed by atoms with Gasteiger partial charge in [-0.1, -0.05) is 134 Å². The van der Waals surface area contributed by atoms with Crippen LogP contribution in [0.15, 0.2) is 146 Å². The molecule has 0 bridgehead atoms. The quantitative estimate of drug-likeness (QED) is 0.160. The van der Waals surface area contributed by atoms with Gasteiger partial charge in [-0.3, -0.25) is 0 Å². The number of rotatable bonds is 6. The molecule has 0 aliphatic carbocycles. The van der Waals surface area contributed by atoms with E-state index in [1.807, 2.05) is 22.7 Å². The van der Waals surface area contributed by atoms with Gasteiger partial charge < -0.3 is 24.8 Å². The van der Waals surface area contributed by atoms with E-state index in [-0.39, 0.29) is 51.0 Å². The average molecular weight is 765 g/mol. The van der Waals surface area contributed by atoms with E-state index in [0.717, 1.165) is 12.8 Å². The number of hydrogen-bond acceptors (Lipinski definition) is 2. The van der Waals surface area contributed by atoms with Crippen LogP contribution >= 0.6 is 22.7 Å². The molecule has 0 unspecified atom stereocenters. The first-order valence-corrected chi connectivity index (χ1v) is 17.0. The van der Waals surface area contributed by atoms with E-state index >= 15 is 0 Å². The fraction of sp³-hybridized carbons (Fsp3) is 0.0952. The Bertz CT molecular complexity index is 1990. The van der Waals surface area contributed by atoms with Crippen LogP contribution in [-0.4, -0.2) is 0 Å². The molecule has 8 rings (SSSR count). The van der Waals surface area contributed by atoms with Crippen molar-refractivity contribution in [3.8, 4) is 41.8 Å². The molecule has 0 spiro atoms. The Labute approximate surface area is 317 Å². The molecule has 232 valence electrons. The van der Waals surface area contributed by atoms with Gasteiger partial charge in [-0.25, -0.2) is 0 Å². The van der Waals surface area contributed by atoms with E-state index in [1.165, 1.54) is 74.4 Å². The van der Waals surface area contributed by atoms with Crippen LogP contribution in [0.2, 0.25) is 0 Å². The van der Waals surface area contributed by atoms with Crippen LogP contribution in [0.3, 0.4) is 0 Å². The van der Waals surface area contributed by atoms with E-state index in [9.17, 15) is 0 Å². The number of benzene rings is 4. The van der Waals surface area contributed by atoms with Crippen molar-refractivity contribution in [2.45, 2.75) is 26.7 Å². The zero-order chi connectivity index (χ0) is 29.9. The molecule has 0 fully saturated rings. The number of halogens is 2. The maximum Gasteiger partial charge on any atom is 4.00 e. The zero-order valence-corrected chi connectivity index (χ0v) is 31.9. The molecule has 2 heterocycles. The second-order valence-electron chi connectivity index (χ2n) is 11.1. The summed E-state index contributed by atoms with van der Waals surface area (Å²) in [5, 5.41) is 5.50. The Balaban J connectivity index is 0.000000200. The average Bonchev–Trinajstić information content (AvgIpc) is 3.90. The topological polar surface area (TPSA) is 0 Å². The van der Waals surface area contributed by atoms with Crippen molar-refractivity contribution in [2.24, 2.45) is 0 Å². The SMILES string of the molecule is CCc1cccc2[cH-]c(-c3ccc(-c4ccccc4)s3)cc12.CCc1cccc2[cH-]c(-c3ccc(-c4ccccc4)s3)cc12.[Cl-].[Cl-].[Zr+4]. The predicted octanol–water partition coefficient (Wildman–Crippen LogP) is 7.04. The summed E-state index contributed by atoms with van der Waals surface area (Å²) in [5.41, 5.74) is 8.13. The van der Waals surface area contributed by atoms with Crippen LogP contribution in [-0.2, 0) is 39.0 Å². The van der Waals surface area contributed by atoms with Gasteiger partial charge in [0.2, 0.25) is 0 Å². The third kappa shape index (κ3) is 7.99. The molecule has 6 aromatic carbocycles.